The number of fused-ring (bicyclic) bond motifs is 1. The number of ether oxygens (including phenoxy) is 3. The third kappa shape index (κ3) is 4.00. The van der Waals surface area contributed by atoms with Crippen molar-refractivity contribution in [3.63, 3.8) is 0 Å². The number of allylic oxidation sites excluding steroid dienone is 1. The molecule has 1 N–H and O–H groups in total. The first-order valence-electron chi connectivity index (χ1n) is 10.5. The number of alkyl carbamates (subject to hydrolysis) is 1. The Balaban J connectivity index is 1.57. The van der Waals surface area contributed by atoms with Crippen LogP contribution in [-0.2, 0) is 28.6 Å². The predicted molar refractivity (Wildman–Crippen MR) is 111 cm³/mol. The van der Waals surface area contributed by atoms with Gasteiger partial charge in [-0.15, -0.1) is 0 Å². The van der Waals surface area contributed by atoms with Gasteiger partial charge >= 0.3 is 12.1 Å². The molecule has 2 saturated heterocycles. The van der Waals surface area contributed by atoms with Gasteiger partial charge in [0.05, 0.1) is 0 Å². The first kappa shape index (κ1) is 21.7. The molecule has 1 aliphatic carbocycles. The lowest BCUT2D eigenvalue weighted by Gasteiger charge is -2.49. The van der Waals surface area contributed by atoms with E-state index < -0.39 is 30.1 Å². The maximum absolute atomic E-state index is 12.8. The average molecular weight is 443 g/mol. The molecule has 3 amide bonds. The largest absolute Gasteiger partial charge is 0.489 e. The normalized spacial score (nSPS) is 25.7. The number of carbonyl (C=O) groups excluding carboxylic acids is 4. The first-order chi connectivity index (χ1) is 15.5. The Bertz CT molecular complexity index is 934. The Hall–Kier alpha value is -3.56. The van der Waals surface area contributed by atoms with E-state index in [-0.39, 0.29) is 37.2 Å². The monoisotopic (exact) mass is 443 g/mol. The fourth-order valence-corrected chi connectivity index (χ4v) is 3.99. The van der Waals surface area contributed by atoms with E-state index in [1.165, 1.54) is 23.1 Å². The molecule has 3 fully saturated rings. The number of hydrogen-bond acceptors (Lipinski definition) is 7. The second-order valence-electron chi connectivity index (χ2n) is 7.85. The Kier molecular flexibility index (Phi) is 6.02. The minimum Gasteiger partial charge on any atom is -0.489 e. The molecule has 0 aromatic rings. The number of hydrogen-bond donors (Lipinski definition) is 1. The molecular weight excluding hydrogens is 418 g/mol. The summed E-state index contributed by atoms with van der Waals surface area (Å²) in [4.78, 5) is 53.2. The topological polar surface area (TPSA) is 114 Å². The number of nitrogens with zero attached hydrogens (tertiary/aromatic N) is 2. The number of likely N-dealkylation sites (tertiary alicyclic amines) is 1. The van der Waals surface area contributed by atoms with Crippen molar-refractivity contribution in [2.75, 3.05) is 26.4 Å². The van der Waals surface area contributed by atoms with Crippen molar-refractivity contribution in [2.45, 2.75) is 37.4 Å². The fourth-order valence-electron chi connectivity index (χ4n) is 3.99. The van der Waals surface area contributed by atoms with Crippen LogP contribution in [0.3, 0.4) is 0 Å². The van der Waals surface area contributed by atoms with Crippen LogP contribution in [0.4, 0.5) is 4.79 Å². The fraction of sp³-hybridized carbons (Fsp3) is 0.455. The highest BCUT2D eigenvalue weighted by Gasteiger charge is 2.55. The number of amides is 3. The second kappa shape index (κ2) is 8.89. The van der Waals surface area contributed by atoms with Crippen molar-refractivity contribution in [3.05, 3.63) is 48.4 Å². The molecule has 0 unspecified atom stereocenters. The minimum absolute atomic E-state index is 0.000278. The van der Waals surface area contributed by atoms with E-state index in [9.17, 15) is 19.2 Å². The maximum atomic E-state index is 12.8. The second-order valence-corrected chi connectivity index (χ2v) is 7.85. The molecule has 10 nitrogen and oxygen atoms in total. The summed E-state index contributed by atoms with van der Waals surface area (Å²) in [5, 5.41) is 2.48. The number of rotatable bonds is 8. The van der Waals surface area contributed by atoms with Crippen molar-refractivity contribution in [3.8, 4) is 0 Å². The van der Waals surface area contributed by atoms with Crippen molar-refractivity contribution in [1.82, 2.24) is 15.1 Å². The smallest absolute Gasteiger partial charge is 0.408 e. The summed E-state index contributed by atoms with van der Waals surface area (Å²) >= 11 is 0. The van der Waals surface area contributed by atoms with Crippen LogP contribution >= 0.6 is 0 Å². The zero-order valence-electron chi connectivity index (χ0n) is 17.6. The zero-order chi connectivity index (χ0) is 22.8. The van der Waals surface area contributed by atoms with Crippen LogP contribution in [0.1, 0.15) is 19.3 Å². The van der Waals surface area contributed by atoms with Crippen LogP contribution in [0.5, 0.6) is 0 Å². The number of nitrogens with one attached hydrogen (secondary N) is 1. The van der Waals surface area contributed by atoms with Gasteiger partial charge < -0.3 is 24.4 Å². The zero-order valence-corrected chi connectivity index (χ0v) is 17.6. The van der Waals surface area contributed by atoms with E-state index in [1.54, 1.807) is 0 Å². The molecule has 0 spiro atoms. The number of β-lactam (4-membered cyclic amide) rings is 1. The van der Waals surface area contributed by atoms with Crippen molar-refractivity contribution in [1.29, 1.82) is 0 Å². The van der Waals surface area contributed by atoms with Crippen LogP contribution < -0.4 is 5.32 Å². The molecule has 10 heteroatoms. The van der Waals surface area contributed by atoms with E-state index >= 15 is 0 Å². The maximum Gasteiger partial charge on any atom is 0.408 e. The van der Waals surface area contributed by atoms with Crippen LogP contribution in [0, 0.1) is 0 Å². The molecule has 4 rings (SSSR count). The van der Waals surface area contributed by atoms with Gasteiger partial charge in [-0.25, -0.2) is 9.59 Å². The molecule has 3 heterocycles. The Morgan fingerprint density at radius 2 is 1.88 bits per heavy atom. The quantitative estimate of drug-likeness (QED) is 0.255. The highest BCUT2D eigenvalue weighted by atomic mass is 16.6. The van der Waals surface area contributed by atoms with Gasteiger partial charge in [0.1, 0.15) is 31.9 Å². The van der Waals surface area contributed by atoms with Crippen molar-refractivity contribution in [2.24, 2.45) is 0 Å². The predicted octanol–water partition coefficient (Wildman–Crippen LogP) is 0.770. The number of carbonyl (C=O) groups is 4. The lowest BCUT2D eigenvalue weighted by molar-refractivity contribution is -0.160. The van der Waals surface area contributed by atoms with Gasteiger partial charge in [-0.1, -0.05) is 25.3 Å². The highest BCUT2D eigenvalue weighted by Crippen LogP contribution is 2.36. The standard InChI is InChI=1S/C22H25N3O7/c1-3-9-30-21(28)18-16(11-13-7-8-24(19(13)26)14-5-6-14)32-12-15-17(20(27)25(15)18)23-22(29)31-10-4-2/h3-4,11,14-15,17H,1-2,5-10,12H2,(H,23,29)/t15-,17+/m1/s1. The molecule has 1 saturated carbocycles. The molecule has 0 aromatic heterocycles. The molecule has 2 atom stereocenters. The molecule has 32 heavy (non-hydrogen) atoms. The van der Waals surface area contributed by atoms with Crippen molar-refractivity contribution < 1.29 is 33.4 Å². The van der Waals surface area contributed by atoms with Crippen LogP contribution in [0.25, 0.3) is 0 Å². The summed E-state index contributed by atoms with van der Waals surface area (Å²) < 4.78 is 15.8. The van der Waals surface area contributed by atoms with E-state index in [2.05, 4.69) is 18.5 Å². The van der Waals surface area contributed by atoms with Crippen LogP contribution in [-0.4, -0.2) is 78.2 Å². The molecule has 3 aliphatic heterocycles. The summed E-state index contributed by atoms with van der Waals surface area (Å²) in [6.07, 6.45) is 6.11. The lowest BCUT2D eigenvalue weighted by Crippen LogP contribution is -2.73. The lowest BCUT2D eigenvalue weighted by atomic mass is 9.92. The van der Waals surface area contributed by atoms with Crippen LogP contribution in [0.2, 0.25) is 0 Å². The van der Waals surface area contributed by atoms with E-state index in [4.69, 9.17) is 14.2 Å². The van der Waals surface area contributed by atoms with E-state index in [1.807, 2.05) is 4.90 Å². The van der Waals surface area contributed by atoms with Gasteiger partial charge in [-0.3, -0.25) is 14.5 Å². The summed E-state index contributed by atoms with van der Waals surface area (Å²) in [5.41, 5.74) is 0.436. The third-order valence-corrected chi connectivity index (χ3v) is 5.69. The first-order valence-corrected chi connectivity index (χ1v) is 10.5. The highest BCUT2D eigenvalue weighted by molar-refractivity contribution is 6.02. The van der Waals surface area contributed by atoms with E-state index in [0.29, 0.717) is 24.6 Å². The Morgan fingerprint density at radius 1 is 1.16 bits per heavy atom. The Morgan fingerprint density at radius 3 is 2.56 bits per heavy atom. The summed E-state index contributed by atoms with van der Waals surface area (Å²) in [5.74, 6) is -1.24. The van der Waals surface area contributed by atoms with Gasteiger partial charge in [0.15, 0.2) is 11.5 Å². The van der Waals surface area contributed by atoms with Crippen molar-refractivity contribution >= 4 is 23.9 Å². The van der Waals surface area contributed by atoms with Gasteiger partial charge in [-0.2, -0.15) is 0 Å². The number of esters is 1. The van der Waals surface area contributed by atoms with Gasteiger partial charge in [0.2, 0.25) is 5.91 Å². The molecular formula is C22H25N3O7. The minimum atomic E-state index is -0.901. The third-order valence-electron chi connectivity index (χ3n) is 5.69. The SMILES string of the molecule is C=CCOC(=O)N[C@@H]1C(=O)N2C(C(=O)OCC=C)=C(C=C3CCN(C4CC4)C3=O)OC[C@H]12. The van der Waals surface area contributed by atoms with Gasteiger partial charge in [-0.05, 0) is 25.3 Å². The summed E-state index contributed by atoms with van der Waals surface area (Å²) in [6.45, 7) is 7.59. The van der Waals surface area contributed by atoms with Crippen LogP contribution in [0.15, 0.2) is 48.4 Å². The molecule has 4 aliphatic rings. The average Bonchev–Trinajstić information content (AvgIpc) is 3.57. The molecule has 0 bridgehead atoms. The van der Waals surface area contributed by atoms with E-state index in [0.717, 1.165) is 12.8 Å². The Labute approximate surface area is 185 Å². The molecule has 0 aromatic carbocycles. The van der Waals surface area contributed by atoms with Gasteiger partial charge in [0.25, 0.3) is 5.91 Å². The van der Waals surface area contributed by atoms with Gasteiger partial charge in [0, 0.05) is 18.2 Å². The summed E-state index contributed by atoms with van der Waals surface area (Å²) in [6, 6.07) is -1.21. The summed E-state index contributed by atoms with van der Waals surface area (Å²) in [7, 11) is 0. The molecule has 0 radical (unpaired) electrons. The molecule has 170 valence electrons.